The fraction of sp³-hybridized carbons (Fsp3) is 0.500. The Hall–Kier alpha value is -2.02. The lowest BCUT2D eigenvalue weighted by molar-refractivity contribution is -0.385. The number of nitro groups is 1. The Morgan fingerprint density at radius 3 is 2.90 bits per heavy atom. The third kappa shape index (κ3) is 3.36. The van der Waals surface area contributed by atoms with Crippen LogP contribution in [0.1, 0.15) is 30.1 Å². The Morgan fingerprint density at radius 1 is 1.57 bits per heavy atom. The van der Waals surface area contributed by atoms with Crippen LogP contribution >= 0.6 is 0 Å². The Morgan fingerprint density at radius 2 is 2.29 bits per heavy atom. The number of carbonyl (C=O) groups excluding carboxylic acids is 1. The number of nitro benzene ring substituents is 1. The molecule has 114 valence electrons. The zero-order chi connectivity index (χ0) is 15.6. The van der Waals surface area contributed by atoms with E-state index in [1.54, 1.807) is 6.92 Å². The monoisotopic (exact) mass is 296 g/mol. The lowest BCUT2D eigenvalue weighted by Crippen LogP contribution is -2.43. The number of carbonyl (C=O) groups is 1. The van der Waals surface area contributed by atoms with E-state index in [2.05, 4.69) is 0 Å². The predicted molar refractivity (Wildman–Crippen MR) is 73.4 cm³/mol. The van der Waals surface area contributed by atoms with Crippen LogP contribution in [0.2, 0.25) is 0 Å². The first-order chi connectivity index (χ1) is 9.90. The van der Waals surface area contributed by atoms with Crippen molar-refractivity contribution < 1.29 is 19.2 Å². The summed E-state index contributed by atoms with van der Waals surface area (Å²) in [5.74, 6) is -1.28. The molecule has 1 aromatic carbocycles. The summed E-state index contributed by atoms with van der Waals surface area (Å²) in [6.45, 7) is 2.50. The van der Waals surface area contributed by atoms with Gasteiger partial charge in [0.1, 0.15) is 11.4 Å². The molecule has 1 heterocycles. The smallest absolute Gasteiger partial charge is 0.285 e. The molecule has 1 fully saturated rings. The standard InChI is InChI=1S/C14H17FN2O4/c1-9(18)10-3-2-6-16(8-10)14(19)12-5-4-11(15)7-13(12)17(20)21/h4-5,7,9-10,18H,2-3,6,8H2,1H3. The first kappa shape index (κ1) is 15.4. The number of nitrogens with zero attached hydrogens (tertiary/aromatic N) is 2. The van der Waals surface area contributed by atoms with Gasteiger partial charge in [-0.25, -0.2) is 4.39 Å². The normalized spacial score (nSPS) is 20.1. The van der Waals surface area contributed by atoms with Gasteiger partial charge in [0, 0.05) is 19.0 Å². The summed E-state index contributed by atoms with van der Waals surface area (Å²) >= 11 is 0. The lowest BCUT2D eigenvalue weighted by Gasteiger charge is -2.34. The van der Waals surface area contributed by atoms with Gasteiger partial charge in [-0.3, -0.25) is 14.9 Å². The maximum atomic E-state index is 13.1. The van der Waals surface area contributed by atoms with Crippen LogP contribution in [0.3, 0.4) is 0 Å². The number of benzene rings is 1. The van der Waals surface area contributed by atoms with Gasteiger partial charge in [0.2, 0.25) is 0 Å². The summed E-state index contributed by atoms with van der Waals surface area (Å²) in [4.78, 5) is 24.1. The van der Waals surface area contributed by atoms with Crippen LogP contribution in [0.5, 0.6) is 0 Å². The topological polar surface area (TPSA) is 83.7 Å². The van der Waals surface area contributed by atoms with Crippen LogP contribution in [0.25, 0.3) is 0 Å². The number of hydrogen-bond donors (Lipinski definition) is 1. The molecular weight excluding hydrogens is 279 g/mol. The van der Waals surface area contributed by atoms with Gasteiger partial charge in [0.15, 0.2) is 0 Å². The highest BCUT2D eigenvalue weighted by Gasteiger charge is 2.30. The lowest BCUT2D eigenvalue weighted by atomic mass is 9.93. The van der Waals surface area contributed by atoms with Gasteiger partial charge in [0.25, 0.3) is 11.6 Å². The number of amides is 1. The van der Waals surface area contributed by atoms with E-state index in [0.29, 0.717) is 13.1 Å². The van der Waals surface area contributed by atoms with Crippen LogP contribution < -0.4 is 0 Å². The highest BCUT2D eigenvalue weighted by Crippen LogP contribution is 2.25. The van der Waals surface area contributed by atoms with Crippen molar-refractivity contribution >= 4 is 11.6 Å². The quantitative estimate of drug-likeness (QED) is 0.682. The van der Waals surface area contributed by atoms with Crippen molar-refractivity contribution in [3.63, 3.8) is 0 Å². The molecule has 2 rings (SSSR count). The van der Waals surface area contributed by atoms with Crippen molar-refractivity contribution in [1.82, 2.24) is 4.90 Å². The van der Waals surface area contributed by atoms with E-state index < -0.39 is 28.4 Å². The van der Waals surface area contributed by atoms with E-state index >= 15 is 0 Å². The van der Waals surface area contributed by atoms with Crippen molar-refractivity contribution in [3.05, 3.63) is 39.7 Å². The molecule has 0 aromatic heterocycles. The third-order valence-electron chi connectivity index (χ3n) is 3.81. The van der Waals surface area contributed by atoms with Crippen LogP contribution in [-0.4, -0.2) is 40.0 Å². The fourth-order valence-corrected chi connectivity index (χ4v) is 2.60. The second kappa shape index (κ2) is 6.17. The van der Waals surface area contributed by atoms with E-state index in [-0.39, 0.29) is 11.5 Å². The van der Waals surface area contributed by atoms with E-state index in [0.717, 1.165) is 31.0 Å². The van der Waals surface area contributed by atoms with Gasteiger partial charge in [0.05, 0.1) is 17.1 Å². The molecule has 0 bridgehead atoms. The average molecular weight is 296 g/mol. The van der Waals surface area contributed by atoms with E-state index in [1.807, 2.05) is 0 Å². The van der Waals surface area contributed by atoms with Gasteiger partial charge in [-0.1, -0.05) is 0 Å². The second-order valence-corrected chi connectivity index (χ2v) is 5.31. The largest absolute Gasteiger partial charge is 0.393 e. The number of hydrogen-bond acceptors (Lipinski definition) is 4. The number of aliphatic hydroxyl groups is 1. The maximum Gasteiger partial charge on any atom is 0.285 e. The molecule has 7 heteroatoms. The van der Waals surface area contributed by atoms with E-state index in [1.165, 1.54) is 4.90 Å². The summed E-state index contributed by atoms with van der Waals surface area (Å²) < 4.78 is 13.1. The summed E-state index contributed by atoms with van der Waals surface area (Å²) in [5, 5.41) is 20.6. The molecule has 1 aliphatic heterocycles. The number of piperidine rings is 1. The first-order valence-electron chi connectivity index (χ1n) is 6.81. The molecule has 2 unspecified atom stereocenters. The molecule has 0 radical (unpaired) electrons. The number of likely N-dealkylation sites (tertiary alicyclic amines) is 1. The number of rotatable bonds is 3. The van der Waals surface area contributed by atoms with Crippen molar-refractivity contribution in [3.8, 4) is 0 Å². The summed E-state index contributed by atoms with van der Waals surface area (Å²) in [6.07, 6.45) is 1.01. The first-order valence-corrected chi connectivity index (χ1v) is 6.81. The molecule has 0 spiro atoms. The molecule has 1 aromatic rings. The van der Waals surface area contributed by atoms with Crippen LogP contribution in [-0.2, 0) is 0 Å². The molecule has 0 aliphatic carbocycles. The van der Waals surface area contributed by atoms with Crippen molar-refractivity contribution in [1.29, 1.82) is 0 Å². The zero-order valence-corrected chi connectivity index (χ0v) is 11.7. The minimum absolute atomic E-state index is 0.0396. The van der Waals surface area contributed by atoms with Crippen LogP contribution in [0.4, 0.5) is 10.1 Å². The number of aliphatic hydroxyl groups excluding tert-OH is 1. The Kier molecular flexibility index (Phi) is 4.52. The maximum absolute atomic E-state index is 13.1. The van der Waals surface area contributed by atoms with Crippen LogP contribution in [0.15, 0.2) is 18.2 Å². The molecule has 1 N–H and O–H groups in total. The summed E-state index contributed by atoms with van der Waals surface area (Å²) in [5.41, 5.74) is -0.646. The van der Waals surface area contributed by atoms with E-state index in [4.69, 9.17) is 0 Å². The predicted octanol–water partition coefficient (Wildman–Crippen LogP) is 1.97. The zero-order valence-electron chi connectivity index (χ0n) is 11.7. The van der Waals surface area contributed by atoms with Gasteiger partial charge < -0.3 is 10.0 Å². The highest BCUT2D eigenvalue weighted by atomic mass is 19.1. The average Bonchev–Trinajstić information content (AvgIpc) is 2.46. The molecule has 1 saturated heterocycles. The third-order valence-corrected chi connectivity index (χ3v) is 3.81. The SMILES string of the molecule is CC(O)C1CCCN(C(=O)c2ccc(F)cc2[N+](=O)[O-])C1. The van der Waals surface area contributed by atoms with Crippen molar-refractivity contribution in [2.75, 3.05) is 13.1 Å². The summed E-state index contributed by atoms with van der Waals surface area (Å²) in [6, 6.07) is 2.93. The van der Waals surface area contributed by atoms with Crippen LogP contribution in [0, 0.1) is 21.8 Å². The molecule has 2 atom stereocenters. The minimum Gasteiger partial charge on any atom is -0.393 e. The molecule has 1 aliphatic rings. The second-order valence-electron chi connectivity index (χ2n) is 5.31. The highest BCUT2D eigenvalue weighted by molar-refractivity contribution is 5.98. The molecular formula is C14H17FN2O4. The fourth-order valence-electron chi connectivity index (χ4n) is 2.60. The molecule has 0 saturated carbocycles. The molecule has 1 amide bonds. The number of halogens is 1. The Labute approximate surface area is 121 Å². The van der Waals surface area contributed by atoms with E-state index in [9.17, 15) is 24.4 Å². The van der Waals surface area contributed by atoms with Crippen molar-refractivity contribution in [2.45, 2.75) is 25.9 Å². The van der Waals surface area contributed by atoms with Gasteiger partial charge in [-0.05, 0) is 31.9 Å². The van der Waals surface area contributed by atoms with Gasteiger partial charge >= 0.3 is 0 Å². The molecule has 21 heavy (non-hydrogen) atoms. The molecule has 6 nitrogen and oxygen atoms in total. The minimum atomic E-state index is -0.758. The van der Waals surface area contributed by atoms with Gasteiger partial charge in [-0.15, -0.1) is 0 Å². The Balaban J connectivity index is 2.26. The summed E-state index contributed by atoms with van der Waals surface area (Å²) in [7, 11) is 0. The van der Waals surface area contributed by atoms with Gasteiger partial charge in [-0.2, -0.15) is 0 Å². The van der Waals surface area contributed by atoms with Crippen molar-refractivity contribution in [2.24, 2.45) is 5.92 Å². The Bertz CT molecular complexity index is 562.